The average Bonchev–Trinajstić information content (AvgIpc) is 3.11. The zero-order valence-electron chi connectivity index (χ0n) is 10.1. The SMILES string of the molecule is NC(CN1CCCC1)c1noc(-c2ccoc2)n1. The molecule has 0 bridgehead atoms. The third kappa shape index (κ3) is 2.30. The van der Waals surface area contributed by atoms with Crippen LogP contribution in [0.3, 0.4) is 0 Å². The molecule has 3 rings (SSSR count). The van der Waals surface area contributed by atoms with Crippen molar-refractivity contribution in [3.05, 3.63) is 24.4 Å². The normalized spacial score (nSPS) is 18.3. The van der Waals surface area contributed by atoms with Gasteiger partial charge in [0.1, 0.15) is 6.26 Å². The number of nitrogens with zero attached hydrogens (tertiary/aromatic N) is 3. The third-order valence-corrected chi connectivity index (χ3v) is 3.20. The van der Waals surface area contributed by atoms with Crippen molar-refractivity contribution in [1.29, 1.82) is 0 Å². The van der Waals surface area contributed by atoms with Gasteiger partial charge in [0.15, 0.2) is 5.82 Å². The Morgan fingerprint density at radius 1 is 1.39 bits per heavy atom. The second-order valence-corrected chi connectivity index (χ2v) is 4.58. The molecule has 1 atom stereocenters. The molecular formula is C12H16N4O2. The highest BCUT2D eigenvalue weighted by Crippen LogP contribution is 2.20. The Morgan fingerprint density at radius 3 is 2.94 bits per heavy atom. The topological polar surface area (TPSA) is 81.3 Å². The molecule has 1 aliphatic rings. The molecule has 96 valence electrons. The Kier molecular flexibility index (Phi) is 3.12. The smallest absolute Gasteiger partial charge is 0.261 e. The summed E-state index contributed by atoms with van der Waals surface area (Å²) in [5.74, 6) is 1.01. The first-order chi connectivity index (χ1) is 8.83. The molecule has 0 spiro atoms. The lowest BCUT2D eigenvalue weighted by atomic mass is 10.2. The van der Waals surface area contributed by atoms with Gasteiger partial charge in [0.25, 0.3) is 5.89 Å². The van der Waals surface area contributed by atoms with E-state index in [0.717, 1.165) is 25.2 Å². The maximum absolute atomic E-state index is 6.09. The summed E-state index contributed by atoms with van der Waals surface area (Å²) in [6.07, 6.45) is 5.64. The minimum Gasteiger partial charge on any atom is -0.472 e. The van der Waals surface area contributed by atoms with Gasteiger partial charge in [-0.2, -0.15) is 4.98 Å². The van der Waals surface area contributed by atoms with Crippen LogP contribution in [0.4, 0.5) is 0 Å². The van der Waals surface area contributed by atoms with Gasteiger partial charge in [-0.25, -0.2) is 0 Å². The molecule has 1 fully saturated rings. The Morgan fingerprint density at radius 2 is 2.22 bits per heavy atom. The van der Waals surface area contributed by atoms with Crippen LogP contribution in [-0.4, -0.2) is 34.7 Å². The number of furan rings is 1. The number of likely N-dealkylation sites (tertiary alicyclic amines) is 1. The van der Waals surface area contributed by atoms with Crippen molar-refractivity contribution >= 4 is 0 Å². The zero-order valence-corrected chi connectivity index (χ0v) is 10.1. The molecule has 0 aromatic carbocycles. The molecule has 18 heavy (non-hydrogen) atoms. The minimum atomic E-state index is -0.201. The largest absolute Gasteiger partial charge is 0.472 e. The summed E-state index contributed by atoms with van der Waals surface area (Å²) in [6.45, 7) is 3.00. The van der Waals surface area contributed by atoms with E-state index in [1.165, 1.54) is 12.8 Å². The molecule has 6 nitrogen and oxygen atoms in total. The van der Waals surface area contributed by atoms with Gasteiger partial charge >= 0.3 is 0 Å². The van der Waals surface area contributed by atoms with Crippen molar-refractivity contribution in [2.75, 3.05) is 19.6 Å². The van der Waals surface area contributed by atoms with E-state index in [0.29, 0.717) is 11.7 Å². The van der Waals surface area contributed by atoms with Crippen LogP contribution < -0.4 is 5.73 Å². The molecule has 2 aromatic rings. The van der Waals surface area contributed by atoms with Gasteiger partial charge in [0.2, 0.25) is 0 Å². The lowest BCUT2D eigenvalue weighted by molar-refractivity contribution is 0.306. The molecule has 0 saturated carbocycles. The van der Waals surface area contributed by atoms with Crippen molar-refractivity contribution in [3.8, 4) is 11.5 Å². The molecule has 1 saturated heterocycles. The lowest BCUT2D eigenvalue weighted by Crippen LogP contribution is -2.30. The minimum absolute atomic E-state index is 0.201. The molecule has 1 aliphatic heterocycles. The van der Waals surface area contributed by atoms with Crippen molar-refractivity contribution < 1.29 is 8.94 Å². The molecule has 0 radical (unpaired) electrons. The average molecular weight is 248 g/mol. The summed E-state index contributed by atoms with van der Waals surface area (Å²) < 4.78 is 10.2. The lowest BCUT2D eigenvalue weighted by Gasteiger charge is -2.17. The van der Waals surface area contributed by atoms with Gasteiger partial charge in [0, 0.05) is 6.54 Å². The highest BCUT2D eigenvalue weighted by Gasteiger charge is 2.20. The Balaban J connectivity index is 1.68. The summed E-state index contributed by atoms with van der Waals surface area (Å²) in [4.78, 5) is 6.64. The fourth-order valence-electron chi connectivity index (χ4n) is 2.21. The molecule has 0 amide bonds. The summed E-state index contributed by atoms with van der Waals surface area (Å²) in [5, 5.41) is 3.93. The fraction of sp³-hybridized carbons (Fsp3) is 0.500. The monoisotopic (exact) mass is 248 g/mol. The molecular weight excluding hydrogens is 232 g/mol. The van der Waals surface area contributed by atoms with Crippen LogP contribution >= 0.6 is 0 Å². The quantitative estimate of drug-likeness (QED) is 0.881. The Bertz CT molecular complexity index is 488. The molecule has 2 aromatic heterocycles. The molecule has 2 N–H and O–H groups in total. The van der Waals surface area contributed by atoms with Crippen molar-refractivity contribution in [2.45, 2.75) is 18.9 Å². The van der Waals surface area contributed by atoms with Gasteiger partial charge in [-0.05, 0) is 32.0 Å². The van der Waals surface area contributed by atoms with Crippen LogP contribution in [0.1, 0.15) is 24.7 Å². The predicted molar refractivity (Wildman–Crippen MR) is 64.6 cm³/mol. The van der Waals surface area contributed by atoms with Gasteiger partial charge in [-0.3, -0.25) is 0 Å². The van der Waals surface area contributed by atoms with E-state index in [-0.39, 0.29) is 6.04 Å². The van der Waals surface area contributed by atoms with Crippen LogP contribution in [0.25, 0.3) is 11.5 Å². The summed E-state index contributed by atoms with van der Waals surface area (Å²) in [5.41, 5.74) is 6.87. The van der Waals surface area contributed by atoms with Crippen LogP contribution in [0.5, 0.6) is 0 Å². The molecule has 6 heteroatoms. The Hall–Kier alpha value is -1.66. The number of rotatable bonds is 4. The molecule has 0 aliphatic carbocycles. The van der Waals surface area contributed by atoms with E-state index in [4.69, 9.17) is 14.7 Å². The van der Waals surface area contributed by atoms with E-state index in [2.05, 4.69) is 15.0 Å². The second-order valence-electron chi connectivity index (χ2n) is 4.58. The van der Waals surface area contributed by atoms with E-state index in [1.807, 2.05) is 0 Å². The highest BCUT2D eigenvalue weighted by molar-refractivity contribution is 5.49. The predicted octanol–water partition coefficient (Wildman–Crippen LogP) is 1.43. The number of aromatic nitrogens is 2. The first kappa shape index (κ1) is 11.4. The van der Waals surface area contributed by atoms with Crippen LogP contribution in [0, 0.1) is 0 Å². The van der Waals surface area contributed by atoms with Crippen molar-refractivity contribution in [3.63, 3.8) is 0 Å². The van der Waals surface area contributed by atoms with E-state index >= 15 is 0 Å². The number of hydrogen-bond acceptors (Lipinski definition) is 6. The summed E-state index contributed by atoms with van der Waals surface area (Å²) >= 11 is 0. The molecule has 1 unspecified atom stereocenters. The first-order valence-electron chi connectivity index (χ1n) is 6.17. The molecule has 3 heterocycles. The van der Waals surface area contributed by atoms with Crippen LogP contribution in [0.15, 0.2) is 27.5 Å². The Labute approximate surface area is 105 Å². The zero-order chi connectivity index (χ0) is 12.4. The summed E-state index contributed by atoms with van der Waals surface area (Å²) in [7, 11) is 0. The van der Waals surface area contributed by atoms with Crippen LogP contribution in [-0.2, 0) is 0 Å². The van der Waals surface area contributed by atoms with Crippen LogP contribution in [0.2, 0.25) is 0 Å². The van der Waals surface area contributed by atoms with Crippen molar-refractivity contribution in [2.24, 2.45) is 5.73 Å². The standard InChI is InChI=1S/C12H16N4O2/c13-10(7-16-4-1-2-5-16)11-14-12(18-15-11)9-3-6-17-8-9/h3,6,8,10H,1-2,4-5,7,13H2. The first-order valence-corrected chi connectivity index (χ1v) is 6.17. The highest BCUT2D eigenvalue weighted by atomic mass is 16.5. The van der Waals surface area contributed by atoms with Gasteiger partial charge in [0.05, 0.1) is 17.9 Å². The number of nitrogens with two attached hydrogens (primary N) is 1. The second kappa shape index (κ2) is 4.91. The van der Waals surface area contributed by atoms with E-state index in [9.17, 15) is 0 Å². The van der Waals surface area contributed by atoms with Gasteiger partial charge in [-0.15, -0.1) is 0 Å². The summed E-state index contributed by atoms with van der Waals surface area (Å²) in [6, 6.07) is 1.58. The third-order valence-electron chi connectivity index (χ3n) is 3.20. The van der Waals surface area contributed by atoms with Gasteiger partial charge < -0.3 is 19.6 Å². The maximum Gasteiger partial charge on any atom is 0.261 e. The van der Waals surface area contributed by atoms with Crippen molar-refractivity contribution in [1.82, 2.24) is 15.0 Å². The van der Waals surface area contributed by atoms with Gasteiger partial charge in [-0.1, -0.05) is 5.16 Å². The maximum atomic E-state index is 6.09. The van der Waals surface area contributed by atoms with E-state index in [1.54, 1.807) is 18.6 Å². The number of hydrogen-bond donors (Lipinski definition) is 1. The fourth-order valence-corrected chi connectivity index (χ4v) is 2.21. The van der Waals surface area contributed by atoms with E-state index < -0.39 is 0 Å².